The zero-order valence-electron chi connectivity index (χ0n) is 14.3. The van der Waals surface area contributed by atoms with Gasteiger partial charge < -0.3 is 9.80 Å². The van der Waals surface area contributed by atoms with E-state index in [4.69, 9.17) is 5.26 Å². The third-order valence-electron chi connectivity index (χ3n) is 4.52. The van der Waals surface area contributed by atoms with Crippen molar-refractivity contribution in [3.8, 4) is 6.07 Å². The van der Waals surface area contributed by atoms with Crippen molar-refractivity contribution in [2.24, 2.45) is 0 Å². The maximum absolute atomic E-state index is 13.0. The number of nitrogens with zero attached hydrogens (tertiary/aromatic N) is 3. The minimum Gasteiger partial charge on any atom is -0.341 e. The molecule has 1 unspecified atom stereocenters. The fourth-order valence-electron chi connectivity index (χ4n) is 3.22. The largest absolute Gasteiger partial charge is 0.341 e. The van der Waals surface area contributed by atoms with Crippen LogP contribution in [0, 0.1) is 11.3 Å². The van der Waals surface area contributed by atoms with Gasteiger partial charge in [0.05, 0.1) is 17.6 Å². The summed E-state index contributed by atoms with van der Waals surface area (Å²) in [7, 11) is 3.47. The van der Waals surface area contributed by atoms with Crippen molar-refractivity contribution in [2.45, 2.75) is 12.5 Å². The van der Waals surface area contributed by atoms with Gasteiger partial charge in [0.2, 0.25) is 5.91 Å². The molecule has 5 heteroatoms. The molecule has 126 valence electrons. The average Bonchev–Trinajstić information content (AvgIpc) is 2.64. The van der Waals surface area contributed by atoms with Gasteiger partial charge in [-0.3, -0.25) is 9.59 Å². The summed E-state index contributed by atoms with van der Waals surface area (Å²) in [5.41, 5.74) is 2.86. The highest BCUT2D eigenvalue weighted by molar-refractivity contribution is 6.00. The SMILES string of the molecule is CN1CC(C(=O)N(C)Cc2cccc(C#N)c2)c2ccccc2C1=O. The Kier molecular flexibility index (Phi) is 4.53. The number of carbonyl (C=O) groups excluding carboxylic acids is 2. The lowest BCUT2D eigenvalue weighted by molar-refractivity contribution is -0.132. The number of rotatable bonds is 3. The first-order valence-corrected chi connectivity index (χ1v) is 8.09. The number of likely N-dealkylation sites (N-methyl/N-ethyl adjacent to an activating group) is 2. The van der Waals surface area contributed by atoms with Crippen LogP contribution in [-0.4, -0.2) is 42.3 Å². The number of benzene rings is 2. The second-order valence-corrected chi connectivity index (χ2v) is 6.33. The van der Waals surface area contributed by atoms with Crippen molar-refractivity contribution in [1.29, 1.82) is 5.26 Å². The molecule has 0 bridgehead atoms. The van der Waals surface area contributed by atoms with Gasteiger partial charge >= 0.3 is 0 Å². The summed E-state index contributed by atoms with van der Waals surface area (Å²) < 4.78 is 0. The first-order valence-electron chi connectivity index (χ1n) is 8.09. The monoisotopic (exact) mass is 333 g/mol. The van der Waals surface area contributed by atoms with E-state index in [2.05, 4.69) is 6.07 Å². The molecule has 0 aromatic heterocycles. The Morgan fingerprint density at radius 2 is 2.04 bits per heavy atom. The predicted molar refractivity (Wildman–Crippen MR) is 93.8 cm³/mol. The van der Waals surface area contributed by atoms with E-state index in [9.17, 15) is 9.59 Å². The van der Waals surface area contributed by atoms with Gasteiger partial charge in [0.15, 0.2) is 0 Å². The van der Waals surface area contributed by atoms with E-state index in [0.717, 1.165) is 11.1 Å². The maximum Gasteiger partial charge on any atom is 0.253 e. The molecule has 1 atom stereocenters. The van der Waals surface area contributed by atoms with Crippen LogP contribution in [0.15, 0.2) is 48.5 Å². The normalized spacial score (nSPS) is 16.1. The Balaban J connectivity index is 1.84. The fourth-order valence-corrected chi connectivity index (χ4v) is 3.22. The van der Waals surface area contributed by atoms with Crippen LogP contribution in [0.5, 0.6) is 0 Å². The van der Waals surface area contributed by atoms with Gasteiger partial charge in [0.25, 0.3) is 5.91 Å². The summed E-state index contributed by atoms with van der Waals surface area (Å²) >= 11 is 0. The highest BCUT2D eigenvalue weighted by Crippen LogP contribution is 2.29. The zero-order valence-corrected chi connectivity index (χ0v) is 14.3. The smallest absolute Gasteiger partial charge is 0.253 e. The zero-order chi connectivity index (χ0) is 18.0. The standard InChI is InChI=1S/C20H19N3O2/c1-22(12-15-7-5-6-14(10-15)11-21)20(25)18-13-23(2)19(24)17-9-4-3-8-16(17)18/h3-10,18H,12-13H2,1-2H3. The van der Waals surface area contributed by atoms with Gasteiger partial charge in [-0.25, -0.2) is 0 Å². The Morgan fingerprint density at radius 1 is 1.28 bits per heavy atom. The molecule has 1 heterocycles. The summed E-state index contributed by atoms with van der Waals surface area (Å²) in [6, 6.07) is 16.6. The molecule has 1 aliphatic rings. The number of nitriles is 1. The average molecular weight is 333 g/mol. The highest BCUT2D eigenvalue weighted by atomic mass is 16.2. The Bertz CT molecular complexity index is 869. The van der Waals surface area contributed by atoms with Crippen LogP contribution in [0.3, 0.4) is 0 Å². The molecular weight excluding hydrogens is 314 g/mol. The van der Waals surface area contributed by atoms with Crippen LogP contribution >= 0.6 is 0 Å². The van der Waals surface area contributed by atoms with Crippen LogP contribution in [0.4, 0.5) is 0 Å². The number of fused-ring (bicyclic) bond motifs is 1. The van der Waals surface area contributed by atoms with E-state index in [0.29, 0.717) is 24.2 Å². The maximum atomic E-state index is 13.0. The van der Waals surface area contributed by atoms with Crippen LogP contribution in [-0.2, 0) is 11.3 Å². The first-order chi connectivity index (χ1) is 12.0. The van der Waals surface area contributed by atoms with E-state index >= 15 is 0 Å². The first kappa shape index (κ1) is 16.7. The van der Waals surface area contributed by atoms with Crippen LogP contribution in [0.2, 0.25) is 0 Å². The number of hydrogen-bond acceptors (Lipinski definition) is 3. The van der Waals surface area contributed by atoms with E-state index in [-0.39, 0.29) is 17.7 Å². The summed E-state index contributed by atoms with van der Waals surface area (Å²) in [6.07, 6.45) is 0. The molecule has 2 amide bonds. The van der Waals surface area contributed by atoms with Gasteiger partial charge in [0.1, 0.15) is 0 Å². The molecule has 0 saturated heterocycles. The summed E-state index contributed by atoms with van der Waals surface area (Å²) in [4.78, 5) is 28.5. The summed E-state index contributed by atoms with van der Waals surface area (Å²) in [5, 5.41) is 9.00. The van der Waals surface area contributed by atoms with E-state index in [1.165, 1.54) is 0 Å². The molecule has 0 spiro atoms. The number of carbonyl (C=O) groups is 2. The van der Waals surface area contributed by atoms with E-state index < -0.39 is 0 Å². The van der Waals surface area contributed by atoms with Crippen LogP contribution in [0.1, 0.15) is 33.0 Å². The lowest BCUT2D eigenvalue weighted by Crippen LogP contribution is -2.43. The Morgan fingerprint density at radius 3 is 2.80 bits per heavy atom. The van der Waals surface area contributed by atoms with Crippen molar-refractivity contribution in [2.75, 3.05) is 20.6 Å². The predicted octanol–water partition coefficient (Wildman–Crippen LogP) is 2.39. The lowest BCUT2D eigenvalue weighted by Gasteiger charge is -2.33. The van der Waals surface area contributed by atoms with Crippen molar-refractivity contribution in [3.05, 3.63) is 70.8 Å². The molecule has 0 aliphatic carbocycles. The van der Waals surface area contributed by atoms with Crippen molar-refractivity contribution in [3.63, 3.8) is 0 Å². The fraction of sp³-hybridized carbons (Fsp3) is 0.250. The molecule has 2 aromatic carbocycles. The van der Waals surface area contributed by atoms with Crippen molar-refractivity contribution >= 4 is 11.8 Å². The molecule has 25 heavy (non-hydrogen) atoms. The van der Waals surface area contributed by atoms with E-state index in [1.807, 2.05) is 30.3 Å². The molecule has 0 fully saturated rings. The molecule has 2 aromatic rings. The summed E-state index contributed by atoms with van der Waals surface area (Å²) in [5.74, 6) is -0.457. The molecular formula is C20H19N3O2. The van der Waals surface area contributed by atoms with Crippen LogP contribution < -0.4 is 0 Å². The molecule has 3 rings (SSSR count). The topological polar surface area (TPSA) is 64.4 Å². The second kappa shape index (κ2) is 6.78. The number of hydrogen-bond donors (Lipinski definition) is 0. The quantitative estimate of drug-likeness (QED) is 0.866. The van der Waals surface area contributed by atoms with E-state index in [1.54, 1.807) is 42.1 Å². The van der Waals surface area contributed by atoms with Crippen molar-refractivity contribution in [1.82, 2.24) is 9.80 Å². The van der Waals surface area contributed by atoms with Gasteiger partial charge in [0, 0.05) is 32.7 Å². The Hall–Kier alpha value is -3.13. The minimum absolute atomic E-state index is 0.0332. The van der Waals surface area contributed by atoms with Crippen molar-refractivity contribution < 1.29 is 9.59 Å². The van der Waals surface area contributed by atoms with Gasteiger partial charge in [-0.1, -0.05) is 30.3 Å². The Labute approximate surface area is 147 Å². The molecule has 1 aliphatic heterocycles. The molecule has 5 nitrogen and oxygen atoms in total. The number of amides is 2. The molecule has 0 saturated carbocycles. The van der Waals surface area contributed by atoms with Gasteiger partial charge in [-0.15, -0.1) is 0 Å². The third-order valence-corrected chi connectivity index (χ3v) is 4.52. The third kappa shape index (κ3) is 3.24. The summed E-state index contributed by atoms with van der Waals surface area (Å²) in [6.45, 7) is 0.794. The van der Waals surface area contributed by atoms with Gasteiger partial charge in [-0.05, 0) is 29.3 Å². The lowest BCUT2D eigenvalue weighted by atomic mass is 9.88. The second-order valence-electron chi connectivity index (χ2n) is 6.33. The van der Waals surface area contributed by atoms with Crippen LogP contribution in [0.25, 0.3) is 0 Å². The molecule has 0 radical (unpaired) electrons. The highest BCUT2D eigenvalue weighted by Gasteiger charge is 2.34. The van der Waals surface area contributed by atoms with Gasteiger partial charge in [-0.2, -0.15) is 5.26 Å². The molecule has 0 N–H and O–H groups in total. The minimum atomic E-state index is -0.372.